The molecule has 1 aromatic carbocycles. The van der Waals surface area contributed by atoms with Crippen molar-refractivity contribution in [3.63, 3.8) is 0 Å². The van der Waals surface area contributed by atoms with E-state index in [2.05, 4.69) is 5.32 Å². The lowest BCUT2D eigenvalue weighted by atomic mass is 9.84. The quantitative estimate of drug-likeness (QED) is 0.117. The number of Topliss-reactive ketones (excluding diaryl/α,β-unsaturated/α-hetero) is 2. The van der Waals surface area contributed by atoms with Crippen molar-refractivity contribution in [1.82, 2.24) is 0 Å². The zero-order chi connectivity index (χ0) is 57.5. The van der Waals surface area contributed by atoms with Crippen molar-refractivity contribution in [2.24, 2.45) is 23.5 Å². The highest BCUT2D eigenvalue weighted by Crippen LogP contribution is 2.38. The Balaban J connectivity index is 1.51. The van der Waals surface area contributed by atoms with E-state index >= 15 is 0 Å². The Morgan fingerprint density at radius 1 is 0.718 bits per heavy atom. The molecule has 3 aliphatic rings. The molecule has 0 radical (unpaired) electrons. The minimum absolute atomic E-state index is 0.0224. The van der Waals surface area contributed by atoms with Crippen LogP contribution >= 0.6 is 0 Å². The number of allylic oxidation sites excluding steroid dienone is 12. The fraction of sp³-hybridized carbons (Fsp3) is 0.610. The standard InChI is InChI=1S/C59H88N2O17/c1-36-18-16-14-12-10-8-6-7-9-11-13-15-17-19-49(76-58-56(73)55(72)54(60)39(4)75-58)33-52-38(3)51(70)35-59(74,78-52)34-48(68)30-46(66)28-44(64)26-43(63)27-45(65)29-47(67)32-53(71)77-57(36)37(2)20-25-42(62)31-50(69)40-21-23-41(61-5)24-22-40/h6-19,21-24,36-39,42-44,46-49,51-52,54-58,61-64,66-68,70,72-74H,20,25-35,60H2,1-5H3/b7-6+,10-8+,11-9+,14-12+,15-13+,18-16+,19-17+/t36-,37-,38+,39+,42?,43+,44-,46-,47+,48-,49-,51-,52-,54+,55-,56-,57?,58-,59-/m0/s1. The molecule has 19 atom stereocenters. The van der Waals surface area contributed by atoms with E-state index in [9.17, 15) is 65.4 Å². The molecule has 2 unspecified atom stereocenters. The van der Waals surface area contributed by atoms with Crippen LogP contribution in [0.2, 0.25) is 0 Å². The highest BCUT2D eigenvalue weighted by molar-refractivity contribution is 5.96. The van der Waals surface area contributed by atoms with E-state index in [0.29, 0.717) is 12.0 Å². The summed E-state index contributed by atoms with van der Waals surface area (Å²) < 4.78 is 24.1. The number of ether oxygens (including phenoxy) is 4. The fourth-order valence-corrected chi connectivity index (χ4v) is 9.87. The summed E-state index contributed by atoms with van der Waals surface area (Å²) in [5.74, 6) is -4.84. The summed E-state index contributed by atoms with van der Waals surface area (Å²) in [6, 6.07) is 6.07. The lowest BCUT2D eigenvalue weighted by molar-refractivity contribution is -0.309. The van der Waals surface area contributed by atoms with Crippen molar-refractivity contribution >= 4 is 23.2 Å². The SMILES string of the molecule is CNc1ccc(C(=O)CC(O)CC[C@H](C)C2OC(=O)C[C@H](O)CC(=O)C[C@H](O)C[C@H](O)C[C@H](O)C[C@H](O)C[C@@]3(O)C[C@H](O)[C@@H](C)[C@H](C[C@@H](O[C@@H]4O[C@H](C)[C@@H](N)[C@H](O)[C@@H]4O)/C=C/C=C/C=C/C=C/C=C/C=C/C=C/[C@@H]2C)O3)cc1. The van der Waals surface area contributed by atoms with E-state index in [-0.39, 0.29) is 62.6 Å². The van der Waals surface area contributed by atoms with Gasteiger partial charge in [-0.25, -0.2) is 0 Å². The number of carbonyl (C=O) groups is 3. The first-order valence-electron chi connectivity index (χ1n) is 27.3. The summed E-state index contributed by atoms with van der Waals surface area (Å²) in [4.78, 5) is 39.2. The summed E-state index contributed by atoms with van der Waals surface area (Å²) in [5, 5.41) is 112. The highest BCUT2D eigenvalue weighted by atomic mass is 16.7. The first-order chi connectivity index (χ1) is 37.0. The second kappa shape index (κ2) is 33.3. The average molecular weight is 1100 g/mol. The second-order valence-corrected chi connectivity index (χ2v) is 21.4. The van der Waals surface area contributed by atoms with Crippen LogP contribution in [0.1, 0.15) is 115 Å². The topological polar surface area (TPSA) is 328 Å². The lowest BCUT2D eigenvalue weighted by Gasteiger charge is -2.45. The third kappa shape index (κ3) is 22.9. The molecule has 2 bridgehead atoms. The number of fused-ring (bicyclic) bond motifs is 2. The minimum atomic E-state index is -2.07. The summed E-state index contributed by atoms with van der Waals surface area (Å²) in [6.07, 6.45) is 6.18. The molecule has 0 amide bonds. The van der Waals surface area contributed by atoms with Crippen LogP contribution in [0.25, 0.3) is 0 Å². The maximum absolute atomic E-state index is 13.3. The van der Waals surface area contributed by atoms with Crippen molar-refractivity contribution in [2.45, 2.75) is 202 Å². The third-order valence-corrected chi connectivity index (χ3v) is 14.5. The van der Waals surface area contributed by atoms with E-state index in [4.69, 9.17) is 24.7 Å². The van der Waals surface area contributed by atoms with E-state index in [0.717, 1.165) is 5.69 Å². The van der Waals surface area contributed by atoms with Gasteiger partial charge in [-0.05, 0) is 69.2 Å². The number of rotatable bonds is 10. The van der Waals surface area contributed by atoms with Crippen LogP contribution in [0, 0.1) is 17.8 Å². The van der Waals surface area contributed by atoms with Crippen LogP contribution in [0.3, 0.4) is 0 Å². The van der Waals surface area contributed by atoms with Gasteiger partial charge in [-0.3, -0.25) is 14.4 Å². The van der Waals surface area contributed by atoms with Gasteiger partial charge >= 0.3 is 5.97 Å². The molecule has 19 nitrogen and oxygen atoms in total. The van der Waals surface area contributed by atoms with Gasteiger partial charge in [0.15, 0.2) is 17.9 Å². The van der Waals surface area contributed by atoms with Gasteiger partial charge in [0.25, 0.3) is 0 Å². The van der Waals surface area contributed by atoms with Gasteiger partial charge in [0.05, 0.1) is 73.5 Å². The molecule has 78 heavy (non-hydrogen) atoms. The molecule has 0 aliphatic carbocycles. The second-order valence-electron chi connectivity index (χ2n) is 21.4. The molecule has 1 aromatic rings. The first-order valence-corrected chi connectivity index (χ1v) is 27.3. The van der Waals surface area contributed by atoms with Crippen molar-refractivity contribution in [3.05, 3.63) is 115 Å². The smallest absolute Gasteiger partial charge is 0.308 e. The van der Waals surface area contributed by atoms with Crippen LogP contribution in [0.15, 0.2) is 109 Å². The predicted octanol–water partition coefficient (Wildman–Crippen LogP) is 3.68. The normalized spacial score (nSPS) is 38.8. The van der Waals surface area contributed by atoms with Crippen molar-refractivity contribution < 1.29 is 84.4 Å². The van der Waals surface area contributed by atoms with Gasteiger partial charge in [-0.2, -0.15) is 0 Å². The van der Waals surface area contributed by atoms with Gasteiger partial charge in [-0.15, -0.1) is 0 Å². The molecule has 436 valence electrons. The number of ketones is 2. The predicted molar refractivity (Wildman–Crippen MR) is 293 cm³/mol. The Bertz CT molecular complexity index is 2200. The maximum atomic E-state index is 13.3. The molecule has 13 N–H and O–H groups in total. The minimum Gasteiger partial charge on any atom is -0.461 e. The van der Waals surface area contributed by atoms with Gasteiger partial charge in [-0.1, -0.05) is 106 Å². The van der Waals surface area contributed by atoms with E-state index in [1.165, 1.54) is 0 Å². The van der Waals surface area contributed by atoms with Crippen molar-refractivity contribution in [2.75, 3.05) is 12.4 Å². The number of benzene rings is 1. The van der Waals surface area contributed by atoms with Gasteiger partial charge in [0.2, 0.25) is 0 Å². The number of nitrogens with two attached hydrogens (primary N) is 1. The summed E-state index contributed by atoms with van der Waals surface area (Å²) >= 11 is 0. The van der Waals surface area contributed by atoms with Gasteiger partial charge < -0.3 is 81.1 Å². The van der Waals surface area contributed by atoms with Gasteiger partial charge in [0.1, 0.15) is 24.1 Å². The molecule has 0 saturated carbocycles. The van der Waals surface area contributed by atoms with Crippen molar-refractivity contribution in [3.8, 4) is 0 Å². The molecule has 0 spiro atoms. The third-order valence-electron chi connectivity index (χ3n) is 14.5. The van der Waals surface area contributed by atoms with E-state index < -0.39 is 141 Å². The number of aliphatic hydroxyl groups excluding tert-OH is 9. The number of carbonyl (C=O) groups excluding carboxylic acids is 3. The number of hydrogen-bond acceptors (Lipinski definition) is 19. The summed E-state index contributed by atoms with van der Waals surface area (Å²) in [5.41, 5.74) is 7.33. The number of hydrogen-bond donors (Lipinski definition) is 12. The number of cyclic esters (lactones) is 1. The Morgan fingerprint density at radius 3 is 1.87 bits per heavy atom. The number of anilines is 1. The molecular formula is C59H88N2O17. The Labute approximate surface area is 459 Å². The molecule has 2 saturated heterocycles. The number of aliphatic hydroxyl groups is 10. The molecule has 19 heteroatoms. The molecular weight excluding hydrogens is 1010 g/mol. The monoisotopic (exact) mass is 1100 g/mol. The van der Waals surface area contributed by atoms with Crippen LogP contribution in [0.4, 0.5) is 5.69 Å². The molecule has 3 aliphatic heterocycles. The van der Waals surface area contributed by atoms with E-state index in [1.807, 2.05) is 50.3 Å². The van der Waals surface area contributed by atoms with Crippen LogP contribution < -0.4 is 11.1 Å². The largest absolute Gasteiger partial charge is 0.461 e. The number of nitrogens with one attached hydrogen (secondary N) is 1. The zero-order valence-electron chi connectivity index (χ0n) is 45.7. The van der Waals surface area contributed by atoms with Crippen LogP contribution in [-0.4, -0.2) is 173 Å². The Hall–Kier alpha value is -4.55. The lowest BCUT2D eigenvalue weighted by Crippen LogP contribution is -2.61. The first kappa shape index (κ1) is 66.0. The zero-order valence-corrected chi connectivity index (χ0v) is 45.7. The molecule has 3 heterocycles. The fourth-order valence-electron chi connectivity index (χ4n) is 9.87. The average Bonchev–Trinajstić information content (AvgIpc) is 3.38. The Morgan fingerprint density at radius 2 is 1.27 bits per heavy atom. The molecule has 4 rings (SSSR count). The Kier molecular flexibility index (Phi) is 28.1. The highest BCUT2D eigenvalue weighted by Gasteiger charge is 2.47. The van der Waals surface area contributed by atoms with Crippen LogP contribution in [-0.2, 0) is 28.5 Å². The molecule has 0 aromatic heterocycles. The van der Waals surface area contributed by atoms with Crippen molar-refractivity contribution in [1.29, 1.82) is 0 Å². The summed E-state index contributed by atoms with van der Waals surface area (Å²) in [6.45, 7) is 7.09. The van der Waals surface area contributed by atoms with E-state index in [1.54, 1.807) is 93.8 Å². The number of esters is 1. The van der Waals surface area contributed by atoms with Gasteiger partial charge in [0, 0.05) is 68.7 Å². The molecule has 2 fully saturated rings. The summed E-state index contributed by atoms with van der Waals surface area (Å²) in [7, 11) is 1.77. The van der Waals surface area contributed by atoms with Crippen LogP contribution in [0.5, 0.6) is 0 Å². The maximum Gasteiger partial charge on any atom is 0.308 e.